The maximum Gasteiger partial charge on any atom is 0.252 e. The number of pyridine rings is 1. The van der Waals surface area contributed by atoms with E-state index in [0.29, 0.717) is 23.1 Å². The van der Waals surface area contributed by atoms with Crippen molar-refractivity contribution in [3.05, 3.63) is 42.1 Å². The minimum Gasteiger partial charge on any atom is -0.371 e. The Balaban J connectivity index is 1.86. The largest absolute Gasteiger partial charge is 0.371 e. The first kappa shape index (κ1) is 17.7. The second-order valence-corrected chi connectivity index (χ2v) is 6.53. The van der Waals surface area contributed by atoms with Gasteiger partial charge in [-0.2, -0.15) is 0 Å². The second kappa shape index (κ2) is 7.43. The summed E-state index contributed by atoms with van der Waals surface area (Å²) in [5.41, 5.74) is 8.19. The van der Waals surface area contributed by atoms with Crippen molar-refractivity contribution in [1.29, 1.82) is 0 Å². The highest BCUT2D eigenvalue weighted by Crippen LogP contribution is 2.32. The van der Waals surface area contributed by atoms with Gasteiger partial charge in [-0.05, 0) is 37.5 Å². The molecule has 1 aliphatic rings. The zero-order valence-corrected chi connectivity index (χ0v) is 15.0. The lowest BCUT2D eigenvalue weighted by atomic mass is 9.91. The van der Waals surface area contributed by atoms with Crippen molar-refractivity contribution >= 4 is 34.7 Å². The number of hydrogen-bond donors (Lipinski definition) is 3. The Labute approximate surface area is 152 Å². The summed E-state index contributed by atoms with van der Waals surface area (Å²) in [4.78, 5) is 29.4. The summed E-state index contributed by atoms with van der Waals surface area (Å²) in [6, 6.07) is 9.61. The molecule has 1 aliphatic carbocycles. The first-order valence-electron chi connectivity index (χ1n) is 8.61. The van der Waals surface area contributed by atoms with Gasteiger partial charge in [0.2, 0.25) is 5.91 Å². The molecule has 1 heterocycles. The van der Waals surface area contributed by atoms with Crippen LogP contribution in [-0.4, -0.2) is 29.9 Å². The first-order chi connectivity index (χ1) is 12.4. The van der Waals surface area contributed by atoms with Crippen LogP contribution in [0.1, 0.15) is 36.5 Å². The lowest BCUT2D eigenvalue weighted by molar-refractivity contribution is -0.114. The number of primary amides is 1. The Morgan fingerprint density at radius 1 is 1.23 bits per heavy atom. The zero-order valence-electron chi connectivity index (χ0n) is 15.0. The number of rotatable bonds is 6. The summed E-state index contributed by atoms with van der Waals surface area (Å²) in [6.45, 7) is 1.47. The topological polar surface area (TPSA) is 100 Å². The molecule has 1 saturated carbocycles. The SMILES string of the molecule is CC(=O)Nc1cccc(Nc2cc(N(C)C3CCC3)c(C(N)=O)cn2)c1. The van der Waals surface area contributed by atoms with Gasteiger partial charge in [-0.25, -0.2) is 4.98 Å². The predicted octanol–water partition coefficient (Wildman–Crippen LogP) is 2.87. The molecule has 7 nitrogen and oxygen atoms in total. The molecule has 4 N–H and O–H groups in total. The molecule has 0 saturated heterocycles. The number of nitrogens with two attached hydrogens (primary N) is 1. The van der Waals surface area contributed by atoms with Gasteiger partial charge in [0.15, 0.2) is 0 Å². The molecular weight excluding hydrogens is 330 g/mol. The molecule has 0 spiro atoms. The first-order valence-corrected chi connectivity index (χ1v) is 8.61. The molecule has 0 aliphatic heterocycles. The molecular formula is C19H23N5O2. The van der Waals surface area contributed by atoms with Crippen LogP contribution in [0.3, 0.4) is 0 Å². The van der Waals surface area contributed by atoms with E-state index in [-0.39, 0.29) is 5.91 Å². The van der Waals surface area contributed by atoms with Crippen molar-refractivity contribution in [2.45, 2.75) is 32.2 Å². The Bertz CT molecular complexity index is 832. The molecule has 0 radical (unpaired) electrons. The van der Waals surface area contributed by atoms with Gasteiger partial charge in [-0.1, -0.05) is 6.07 Å². The number of anilines is 4. The van der Waals surface area contributed by atoms with Gasteiger partial charge in [0.05, 0.1) is 11.3 Å². The third-order valence-corrected chi connectivity index (χ3v) is 4.61. The van der Waals surface area contributed by atoms with E-state index in [1.165, 1.54) is 19.5 Å². The highest BCUT2D eigenvalue weighted by Gasteiger charge is 2.25. The molecule has 1 aromatic carbocycles. The van der Waals surface area contributed by atoms with Crippen molar-refractivity contribution < 1.29 is 9.59 Å². The van der Waals surface area contributed by atoms with Crippen molar-refractivity contribution in [1.82, 2.24) is 4.98 Å². The smallest absolute Gasteiger partial charge is 0.252 e. The molecule has 0 unspecified atom stereocenters. The standard InChI is InChI=1S/C19H23N5O2/c1-12(25)22-13-5-3-6-14(9-13)23-18-10-17(16(11-21-18)19(20)26)24(2)15-7-4-8-15/h3,5-6,9-11,15H,4,7-8H2,1-2H3,(H2,20,26)(H,21,23)(H,22,25). The Kier molecular flexibility index (Phi) is 5.06. The van der Waals surface area contributed by atoms with E-state index in [4.69, 9.17) is 5.73 Å². The summed E-state index contributed by atoms with van der Waals surface area (Å²) >= 11 is 0. The van der Waals surface area contributed by atoms with Crippen molar-refractivity contribution in [2.75, 3.05) is 22.6 Å². The van der Waals surface area contributed by atoms with E-state index in [1.807, 2.05) is 37.4 Å². The normalized spacial score (nSPS) is 13.6. The number of amides is 2. The molecule has 2 amide bonds. The minimum absolute atomic E-state index is 0.129. The van der Waals surface area contributed by atoms with Crippen LogP contribution in [0.25, 0.3) is 0 Å². The zero-order chi connectivity index (χ0) is 18.7. The van der Waals surface area contributed by atoms with Crippen LogP contribution in [0.5, 0.6) is 0 Å². The fourth-order valence-electron chi connectivity index (χ4n) is 2.99. The molecule has 26 heavy (non-hydrogen) atoms. The van der Waals surface area contributed by atoms with Gasteiger partial charge in [0.1, 0.15) is 5.82 Å². The van der Waals surface area contributed by atoms with Crippen LogP contribution in [0.15, 0.2) is 36.5 Å². The summed E-state index contributed by atoms with van der Waals surface area (Å²) in [7, 11) is 1.98. The highest BCUT2D eigenvalue weighted by molar-refractivity contribution is 5.99. The van der Waals surface area contributed by atoms with Gasteiger partial charge < -0.3 is 21.3 Å². The molecule has 3 rings (SSSR count). The van der Waals surface area contributed by atoms with Crippen molar-refractivity contribution in [2.24, 2.45) is 5.73 Å². The maximum atomic E-state index is 11.8. The summed E-state index contributed by atoms with van der Waals surface area (Å²) < 4.78 is 0. The Hall–Kier alpha value is -3.09. The molecule has 1 aromatic heterocycles. The average Bonchev–Trinajstić information content (AvgIpc) is 2.52. The molecule has 1 fully saturated rings. The van der Waals surface area contributed by atoms with Gasteiger partial charge in [0.25, 0.3) is 5.91 Å². The Morgan fingerprint density at radius 3 is 2.58 bits per heavy atom. The van der Waals surface area contributed by atoms with Gasteiger partial charge >= 0.3 is 0 Å². The molecule has 0 atom stereocenters. The summed E-state index contributed by atoms with van der Waals surface area (Å²) in [5.74, 6) is -0.00970. The van der Waals surface area contributed by atoms with Crippen LogP contribution >= 0.6 is 0 Å². The van der Waals surface area contributed by atoms with Crippen LogP contribution in [0, 0.1) is 0 Å². The maximum absolute atomic E-state index is 11.8. The van der Waals surface area contributed by atoms with Crippen LogP contribution in [-0.2, 0) is 4.79 Å². The molecule has 136 valence electrons. The van der Waals surface area contributed by atoms with E-state index in [0.717, 1.165) is 24.2 Å². The fraction of sp³-hybridized carbons (Fsp3) is 0.316. The van der Waals surface area contributed by atoms with E-state index in [9.17, 15) is 9.59 Å². The van der Waals surface area contributed by atoms with E-state index < -0.39 is 5.91 Å². The number of aromatic nitrogens is 1. The average molecular weight is 353 g/mol. The second-order valence-electron chi connectivity index (χ2n) is 6.53. The Morgan fingerprint density at radius 2 is 1.96 bits per heavy atom. The summed E-state index contributed by atoms with van der Waals surface area (Å²) in [5, 5.41) is 5.96. The van der Waals surface area contributed by atoms with Crippen molar-refractivity contribution in [3.63, 3.8) is 0 Å². The monoisotopic (exact) mass is 353 g/mol. The number of benzene rings is 1. The van der Waals surface area contributed by atoms with Crippen molar-refractivity contribution in [3.8, 4) is 0 Å². The molecule has 0 bridgehead atoms. The number of carbonyl (C=O) groups excluding carboxylic acids is 2. The van der Waals surface area contributed by atoms with Gasteiger partial charge in [0, 0.05) is 43.7 Å². The highest BCUT2D eigenvalue weighted by atomic mass is 16.1. The van der Waals surface area contributed by atoms with E-state index in [2.05, 4.69) is 20.5 Å². The number of carbonyl (C=O) groups is 2. The quantitative estimate of drug-likeness (QED) is 0.741. The molecule has 7 heteroatoms. The van der Waals surface area contributed by atoms with Crippen LogP contribution in [0.4, 0.5) is 22.9 Å². The number of nitrogens with one attached hydrogen (secondary N) is 2. The molecule has 2 aromatic rings. The minimum atomic E-state index is -0.488. The number of nitrogens with zero attached hydrogens (tertiary/aromatic N) is 2. The third-order valence-electron chi connectivity index (χ3n) is 4.61. The van der Waals surface area contributed by atoms with Gasteiger partial charge in [-0.15, -0.1) is 0 Å². The predicted molar refractivity (Wildman–Crippen MR) is 103 cm³/mol. The lowest BCUT2D eigenvalue weighted by Gasteiger charge is -2.37. The van der Waals surface area contributed by atoms with Crippen LogP contribution < -0.4 is 21.3 Å². The van der Waals surface area contributed by atoms with Crippen LogP contribution in [0.2, 0.25) is 0 Å². The third kappa shape index (κ3) is 3.93. The van der Waals surface area contributed by atoms with E-state index >= 15 is 0 Å². The summed E-state index contributed by atoms with van der Waals surface area (Å²) in [6.07, 6.45) is 4.93. The lowest BCUT2D eigenvalue weighted by Crippen LogP contribution is -2.38. The van der Waals surface area contributed by atoms with Gasteiger partial charge in [-0.3, -0.25) is 9.59 Å². The van der Waals surface area contributed by atoms with E-state index in [1.54, 1.807) is 0 Å². The number of hydrogen-bond acceptors (Lipinski definition) is 5. The fourth-order valence-corrected chi connectivity index (χ4v) is 2.99.